The number of ether oxygens (including phenoxy) is 1. The van der Waals surface area contributed by atoms with Crippen molar-refractivity contribution in [1.82, 2.24) is 14.8 Å². The second-order valence-electron chi connectivity index (χ2n) is 7.76. The van der Waals surface area contributed by atoms with Gasteiger partial charge in [0.05, 0.1) is 24.3 Å². The number of amides is 1. The van der Waals surface area contributed by atoms with Gasteiger partial charge < -0.3 is 15.2 Å². The Hall–Kier alpha value is -3.30. The van der Waals surface area contributed by atoms with Crippen molar-refractivity contribution in [3.05, 3.63) is 59.9 Å². The molecule has 1 amide bonds. The number of anilines is 1. The van der Waals surface area contributed by atoms with Crippen LogP contribution < -0.4 is 5.32 Å². The number of hydrogen-bond donors (Lipinski definition) is 2. The first kappa shape index (κ1) is 23.4. The molecule has 170 valence electrons. The molecule has 1 aliphatic heterocycles. The lowest BCUT2D eigenvalue weighted by molar-refractivity contribution is -0.144. The van der Waals surface area contributed by atoms with E-state index in [1.165, 1.54) is 7.11 Å². The quantitative estimate of drug-likeness (QED) is 0.567. The highest BCUT2D eigenvalue weighted by Crippen LogP contribution is 2.18. The summed E-state index contributed by atoms with van der Waals surface area (Å²) < 4.78 is 4.73. The van der Waals surface area contributed by atoms with Crippen molar-refractivity contribution in [2.24, 2.45) is 5.92 Å². The maximum Gasteiger partial charge on any atom is 0.339 e. The Labute approximate surface area is 187 Å². The normalized spacial score (nSPS) is 15.7. The van der Waals surface area contributed by atoms with Crippen LogP contribution in [0.5, 0.6) is 0 Å². The number of carbonyl (C=O) groups excluding carboxylic acids is 2. The molecule has 0 bridgehead atoms. The number of nitrogens with zero attached hydrogens (tertiary/aromatic N) is 3. The molecule has 0 saturated carbocycles. The molecule has 32 heavy (non-hydrogen) atoms. The molecule has 1 saturated heterocycles. The number of aromatic nitrogens is 1. The molecular formula is C23H28N4O5. The minimum Gasteiger partial charge on any atom is -0.481 e. The lowest BCUT2D eigenvalue weighted by atomic mass is 10.0. The van der Waals surface area contributed by atoms with Gasteiger partial charge in [0.15, 0.2) is 0 Å². The van der Waals surface area contributed by atoms with E-state index in [9.17, 15) is 19.5 Å². The maximum atomic E-state index is 12.5. The summed E-state index contributed by atoms with van der Waals surface area (Å²) in [7, 11) is 1.26. The third kappa shape index (κ3) is 6.60. The molecule has 0 radical (unpaired) electrons. The van der Waals surface area contributed by atoms with E-state index in [0.29, 0.717) is 12.2 Å². The minimum absolute atomic E-state index is 0.180. The average molecular weight is 441 g/mol. The summed E-state index contributed by atoms with van der Waals surface area (Å²) in [4.78, 5) is 44.7. The molecule has 1 atom stereocenters. The molecule has 2 N–H and O–H groups in total. The zero-order chi connectivity index (χ0) is 22.9. The van der Waals surface area contributed by atoms with Gasteiger partial charge in [-0.1, -0.05) is 18.2 Å². The first-order valence-electron chi connectivity index (χ1n) is 10.5. The third-order valence-electron chi connectivity index (χ3n) is 5.46. The summed E-state index contributed by atoms with van der Waals surface area (Å²) in [6, 6.07) is 10.4. The molecule has 2 heterocycles. The number of pyridine rings is 1. The summed E-state index contributed by atoms with van der Waals surface area (Å²) in [6.07, 6.45) is 3.42. The Morgan fingerprint density at radius 2 is 1.81 bits per heavy atom. The number of carboxylic acid groups (broad SMARTS) is 1. The number of carboxylic acids is 1. The molecular weight excluding hydrogens is 412 g/mol. The Balaban J connectivity index is 1.51. The number of hydrogen-bond acceptors (Lipinski definition) is 7. The Bertz CT molecular complexity index is 929. The van der Waals surface area contributed by atoms with E-state index in [2.05, 4.69) is 20.1 Å². The Morgan fingerprint density at radius 1 is 1.09 bits per heavy atom. The molecule has 1 aromatic carbocycles. The fourth-order valence-electron chi connectivity index (χ4n) is 3.73. The topological polar surface area (TPSA) is 112 Å². The molecule has 0 unspecified atom stereocenters. The van der Waals surface area contributed by atoms with Gasteiger partial charge in [0, 0.05) is 58.1 Å². The lowest BCUT2D eigenvalue weighted by Gasteiger charge is -2.35. The number of benzene rings is 1. The Morgan fingerprint density at radius 3 is 2.47 bits per heavy atom. The number of aliphatic carboxylic acids is 1. The molecule has 1 aromatic heterocycles. The van der Waals surface area contributed by atoms with Gasteiger partial charge >= 0.3 is 11.9 Å². The van der Waals surface area contributed by atoms with Crippen molar-refractivity contribution in [1.29, 1.82) is 0 Å². The van der Waals surface area contributed by atoms with Crippen LogP contribution in [-0.2, 0) is 20.9 Å². The largest absolute Gasteiger partial charge is 0.481 e. The first-order valence-corrected chi connectivity index (χ1v) is 10.5. The predicted molar refractivity (Wildman–Crippen MR) is 118 cm³/mol. The minimum atomic E-state index is -1.01. The van der Waals surface area contributed by atoms with E-state index in [4.69, 9.17) is 4.74 Å². The molecule has 0 spiro atoms. The Kier molecular flexibility index (Phi) is 8.29. The van der Waals surface area contributed by atoms with Crippen molar-refractivity contribution < 1.29 is 24.2 Å². The van der Waals surface area contributed by atoms with Gasteiger partial charge in [-0.05, 0) is 23.8 Å². The highest BCUT2D eigenvalue weighted by atomic mass is 16.5. The monoisotopic (exact) mass is 440 g/mol. The highest BCUT2D eigenvalue weighted by molar-refractivity contribution is 6.01. The second-order valence-corrected chi connectivity index (χ2v) is 7.76. The van der Waals surface area contributed by atoms with Gasteiger partial charge in [0.1, 0.15) is 0 Å². The zero-order valence-corrected chi connectivity index (χ0v) is 18.1. The maximum absolute atomic E-state index is 12.5. The molecule has 3 rings (SSSR count). The third-order valence-corrected chi connectivity index (χ3v) is 5.46. The summed E-state index contributed by atoms with van der Waals surface area (Å²) in [6.45, 7) is 4.21. The number of para-hydroxylation sites is 1. The van der Waals surface area contributed by atoms with E-state index in [0.717, 1.165) is 38.3 Å². The van der Waals surface area contributed by atoms with Crippen LogP contribution in [0.15, 0.2) is 48.8 Å². The van der Waals surface area contributed by atoms with Crippen molar-refractivity contribution >= 4 is 23.5 Å². The molecule has 2 aromatic rings. The van der Waals surface area contributed by atoms with Crippen molar-refractivity contribution in [3.8, 4) is 0 Å². The van der Waals surface area contributed by atoms with Gasteiger partial charge in [-0.3, -0.25) is 24.4 Å². The number of esters is 1. The average Bonchev–Trinajstić information content (AvgIpc) is 2.80. The predicted octanol–water partition coefficient (Wildman–Crippen LogP) is 1.72. The fraction of sp³-hybridized carbons (Fsp3) is 0.391. The summed E-state index contributed by atoms with van der Waals surface area (Å²) >= 11 is 0. The number of nitrogens with one attached hydrogen (secondary N) is 1. The number of methoxy groups -OCH3 is 1. The van der Waals surface area contributed by atoms with Crippen molar-refractivity contribution in [3.63, 3.8) is 0 Å². The van der Waals surface area contributed by atoms with E-state index >= 15 is 0 Å². The summed E-state index contributed by atoms with van der Waals surface area (Å²) in [5.41, 5.74) is 1.67. The van der Waals surface area contributed by atoms with Gasteiger partial charge in [-0.25, -0.2) is 4.79 Å². The standard InChI is InChI=1S/C23H28N4O5/c1-32-23(31)19-6-2-3-7-20(19)25-21(28)13-18(22(29)30)16-27-11-9-26(10-12-27)15-17-5-4-8-24-14-17/h2-8,14,18H,9-13,15-16H2,1H3,(H,25,28)(H,29,30)/t18-/m1/s1. The van der Waals surface area contributed by atoms with Gasteiger partial charge in [-0.2, -0.15) is 0 Å². The van der Waals surface area contributed by atoms with Crippen molar-refractivity contribution in [2.45, 2.75) is 13.0 Å². The lowest BCUT2D eigenvalue weighted by Crippen LogP contribution is -2.48. The van der Waals surface area contributed by atoms with Crippen LogP contribution in [0.2, 0.25) is 0 Å². The van der Waals surface area contributed by atoms with E-state index in [-0.39, 0.29) is 12.0 Å². The van der Waals surface area contributed by atoms with Gasteiger partial charge in [0.25, 0.3) is 0 Å². The van der Waals surface area contributed by atoms with E-state index in [1.54, 1.807) is 30.5 Å². The molecule has 0 aliphatic carbocycles. The van der Waals surface area contributed by atoms with Crippen LogP contribution in [0.3, 0.4) is 0 Å². The van der Waals surface area contributed by atoms with Crippen molar-refractivity contribution in [2.75, 3.05) is 45.2 Å². The summed E-state index contributed by atoms with van der Waals surface area (Å²) in [5.74, 6) is -2.88. The second kappa shape index (κ2) is 11.4. The number of rotatable bonds is 9. The van der Waals surface area contributed by atoms with Crippen LogP contribution in [0, 0.1) is 5.92 Å². The fourth-order valence-corrected chi connectivity index (χ4v) is 3.73. The van der Waals surface area contributed by atoms with Crippen LogP contribution in [0.25, 0.3) is 0 Å². The SMILES string of the molecule is COC(=O)c1ccccc1NC(=O)C[C@H](CN1CCN(Cc2cccnc2)CC1)C(=O)O. The molecule has 9 heteroatoms. The highest BCUT2D eigenvalue weighted by Gasteiger charge is 2.27. The van der Waals surface area contributed by atoms with Crippen LogP contribution >= 0.6 is 0 Å². The smallest absolute Gasteiger partial charge is 0.339 e. The van der Waals surface area contributed by atoms with Crippen LogP contribution in [0.1, 0.15) is 22.3 Å². The summed E-state index contributed by atoms with van der Waals surface area (Å²) in [5, 5.41) is 12.3. The zero-order valence-electron chi connectivity index (χ0n) is 18.1. The first-order chi connectivity index (χ1) is 15.5. The van der Waals surface area contributed by atoms with E-state index < -0.39 is 23.8 Å². The molecule has 1 fully saturated rings. The van der Waals surface area contributed by atoms with Crippen LogP contribution in [0.4, 0.5) is 5.69 Å². The van der Waals surface area contributed by atoms with Crippen LogP contribution in [-0.4, -0.2) is 77.6 Å². The molecule has 9 nitrogen and oxygen atoms in total. The van der Waals surface area contributed by atoms with Gasteiger partial charge in [-0.15, -0.1) is 0 Å². The number of piperazine rings is 1. The number of carbonyl (C=O) groups is 3. The van der Waals surface area contributed by atoms with Gasteiger partial charge in [0.2, 0.25) is 5.91 Å². The molecule has 1 aliphatic rings. The van der Waals surface area contributed by atoms with E-state index in [1.807, 2.05) is 18.3 Å².